The largest absolute Gasteiger partial charge is 0.329 e. The Bertz CT molecular complexity index is 104. The van der Waals surface area contributed by atoms with Crippen molar-refractivity contribution in [3.05, 3.63) is 0 Å². The fourth-order valence-corrected chi connectivity index (χ4v) is 1.86. The van der Waals surface area contributed by atoms with Crippen molar-refractivity contribution < 1.29 is 0 Å². The molecule has 1 fully saturated rings. The lowest BCUT2D eigenvalue weighted by Crippen LogP contribution is -2.50. The number of likely N-dealkylation sites (tertiary alicyclic amines) is 1. The second-order valence-electron chi connectivity index (χ2n) is 3.38. The van der Waals surface area contributed by atoms with E-state index in [1.807, 2.05) is 0 Å². The van der Waals surface area contributed by atoms with Gasteiger partial charge in [0, 0.05) is 25.2 Å². The Kier molecular flexibility index (Phi) is 3.30. The molecule has 11 heavy (non-hydrogen) atoms. The lowest BCUT2D eigenvalue weighted by atomic mass is 9.96. The van der Waals surface area contributed by atoms with Gasteiger partial charge in [-0.15, -0.1) is 0 Å². The van der Waals surface area contributed by atoms with Gasteiger partial charge in [-0.3, -0.25) is 4.90 Å². The summed E-state index contributed by atoms with van der Waals surface area (Å²) in [5.41, 5.74) is 11.3. The number of rotatable bonds is 2. The predicted molar refractivity (Wildman–Crippen MR) is 47.3 cm³/mol. The molecule has 0 aliphatic carbocycles. The van der Waals surface area contributed by atoms with E-state index in [9.17, 15) is 0 Å². The highest BCUT2D eigenvalue weighted by molar-refractivity contribution is 4.82. The van der Waals surface area contributed by atoms with E-state index >= 15 is 0 Å². The minimum atomic E-state index is 0.567. The van der Waals surface area contributed by atoms with Gasteiger partial charge in [-0.25, -0.2) is 0 Å². The summed E-state index contributed by atoms with van der Waals surface area (Å²) in [5.74, 6) is 0. The van der Waals surface area contributed by atoms with Crippen molar-refractivity contribution in [1.82, 2.24) is 4.90 Å². The molecule has 0 amide bonds. The van der Waals surface area contributed by atoms with E-state index in [4.69, 9.17) is 11.5 Å². The van der Waals surface area contributed by atoms with E-state index in [2.05, 4.69) is 11.9 Å². The summed E-state index contributed by atoms with van der Waals surface area (Å²) in [6.45, 7) is 1.54. The zero-order chi connectivity index (χ0) is 8.27. The zero-order valence-corrected chi connectivity index (χ0v) is 7.29. The monoisotopic (exact) mass is 157 g/mol. The topological polar surface area (TPSA) is 55.3 Å². The molecule has 0 aromatic heterocycles. The minimum absolute atomic E-state index is 0.567. The van der Waals surface area contributed by atoms with Gasteiger partial charge < -0.3 is 11.5 Å². The maximum Gasteiger partial charge on any atom is 0.0218 e. The second-order valence-corrected chi connectivity index (χ2v) is 3.38. The molecule has 1 rings (SSSR count). The van der Waals surface area contributed by atoms with Gasteiger partial charge in [0.1, 0.15) is 0 Å². The molecule has 0 aromatic rings. The van der Waals surface area contributed by atoms with Crippen molar-refractivity contribution in [1.29, 1.82) is 0 Å². The van der Waals surface area contributed by atoms with E-state index in [1.165, 1.54) is 19.3 Å². The first kappa shape index (κ1) is 8.97. The molecule has 0 saturated carbocycles. The maximum atomic E-state index is 5.63. The van der Waals surface area contributed by atoms with Gasteiger partial charge in [-0.1, -0.05) is 6.42 Å². The van der Waals surface area contributed by atoms with Crippen molar-refractivity contribution in [2.45, 2.75) is 31.3 Å². The molecule has 66 valence electrons. The minimum Gasteiger partial charge on any atom is -0.329 e. The first-order valence-corrected chi connectivity index (χ1v) is 4.41. The highest BCUT2D eigenvalue weighted by Gasteiger charge is 2.24. The Hall–Kier alpha value is -0.120. The lowest BCUT2D eigenvalue weighted by molar-refractivity contribution is 0.124. The Morgan fingerprint density at radius 3 is 2.00 bits per heavy atom. The molecule has 2 unspecified atom stereocenters. The van der Waals surface area contributed by atoms with Gasteiger partial charge in [-0.2, -0.15) is 0 Å². The third kappa shape index (κ3) is 1.92. The molecular formula is C8H19N3. The van der Waals surface area contributed by atoms with Crippen LogP contribution in [0.2, 0.25) is 0 Å². The molecule has 3 heteroatoms. The van der Waals surface area contributed by atoms with Crippen LogP contribution in [0.4, 0.5) is 0 Å². The molecule has 2 atom stereocenters. The van der Waals surface area contributed by atoms with Gasteiger partial charge in [0.25, 0.3) is 0 Å². The van der Waals surface area contributed by atoms with Gasteiger partial charge in [0.15, 0.2) is 0 Å². The van der Waals surface area contributed by atoms with Crippen LogP contribution >= 0.6 is 0 Å². The highest BCUT2D eigenvalue weighted by atomic mass is 15.2. The van der Waals surface area contributed by atoms with Crippen LogP contribution in [0.1, 0.15) is 19.3 Å². The standard InChI is InChI=1S/C8H19N3/c1-11-7(5-9)3-2-4-8(11)6-10/h7-8H,2-6,9-10H2,1H3. The van der Waals surface area contributed by atoms with Crippen LogP contribution in [0.3, 0.4) is 0 Å². The van der Waals surface area contributed by atoms with Crippen LogP contribution in [0, 0.1) is 0 Å². The molecule has 1 saturated heterocycles. The van der Waals surface area contributed by atoms with Crippen LogP contribution in [0.5, 0.6) is 0 Å². The summed E-state index contributed by atoms with van der Waals surface area (Å²) < 4.78 is 0. The molecule has 1 heterocycles. The summed E-state index contributed by atoms with van der Waals surface area (Å²) in [7, 11) is 2.13. The summed E-state index contributed by atoms with van der Waals surface area (Å²) in [5, 5.41) is 0. The molecule has 1 aliphatic heterocycles. The third-order valence-electron chi connectivity index (χ3n) is 2.77. The van der Waals surface area contributed by atoms with Crippen molar-refractivity contribution in [3.63, 3.8) is 0 Å². The summed E-state index contributed by atoms with van der Waals surface area (Å²) in [6, 6.07) is 1.13. The average Bonchev–Trinajstić information content (AvgIpc) is 2.05. The zero-order valence-electron chi connectivity index (χ0n) is 7.29. The molecule has 3 nitrogen and oxygen atoms in total. The summed E-state index contributed by atoms with van der Waals surface area (Å²) in [4.78, 5) is 2.34. The number of piperidine rings is 1. The molecule has 1 aliphatic rings. The molecule has 0 spiro atoms. The number of likely N-dealkylation sites (N-methyl/N-ethyl adjacent to an activating group) is 1. The Balaban J connectivity index is 2.45. The fourth-order valence-electron chi connectivity index (χ4n) is 1.86. The maximum absolute atomic E-state index is 5.63. The Morgan fingerprint density at radius 1 is 1.18 bits per heavy atom. The van der Waals surface area contributed by atoms with E-state index in [0.29, 0.717) is 12.1 Å². The molecule has 4 N–H and O–H groups in total. The van der Waals surface area contributed by atoms with E-state index in [1.54, 1.807) is 0 Å². The smallest absolute Gasteiger partial charge is 0.0218 e. The normalized spacial score (nSPS) is 34.1. The van der Waals surface area contributed by atoms with Crippen molar-refractivity contribution in [2.24, 2.45) is 11.5 Å². The lowest BCUT2D eigenvalue weighted by Gasteiger charge is -2.38. The van der Waals surface area contributed by atoms with Crippen molar-refractivity contribution >= 4 is 0 Å². The molecule has 0 aromatic carbocycles. The summed E-state index contributed by atoms with van der Waals surface area (Å²) in [6.07, 6.45) is 3.76. The molecule has 0 radical (unpaired) electrons. The third-order valence-corrected chi connectivity index (χ3v) is 2.77. The van der Waals surface area contributed by atoms with E-state index in [-0.39, 0.29) is 0 Å². The molecular weight excluding hydrogens is 138 g/mol. The predicted octanol–water partition coefficient (Wildman–Crippen LogP) is -0.243. The van der Waals surface area contributed by atoms with Gasteiger partial charge >= 0.3 is 0 Å². The van der Waals surface area contributed by atoms with Crippen molar-refractivity contribution in [3.8, 4) is 0 Å². The number of hydrogen-bond acceptors (Lipinski definition) is 3. The summed E-state index contributed by atoms with van der Waals surface area (Å²) >= 11 is 0. The number of nitrogens with zero attached hydrogens (tertiary/aromatic N) is 1. The first-order chi connectivity index (χ1) is 5.29. The number of nitrogens with two attached hydrogens (primary N) is 2. The van der Waals surface area contributed by atoms with E-state index < -0.39 is 0 Å². The van der Waals surface area contributed by atoms with Crippen LogP contribution in [0.15, 0.2) is 0 Å². The SMILES string of the molecule is CN1C(CN)CCCC1CN. The molecule has 0 bridgehead atoms. The van der Waals surface area contributed by atoms with Crippen LogP contribution in [-0.4, -0.2) is 37.1 Å². The van der Waals surface area contributed by atoms with E-state index in [0.717, 1.165) is 13.1 Å². The van der Waals surface area contributed by atoms with Gasteiger partial charge in [0.2, 0.25) is 0 Å². The van der Waals surface area contributed by atoms with Crippen LogP contribution in [-0.2, 0) is 0 Å². The average molecular weight is 157 g/mol. The Labute approximate surface area is 68.7 Å². The fraction of sp³-hybridized carbons (Fsp3) is 1.00. The van der Waals surface area contributed by atoms with Gasteiger partial charge in [-0.05, 0) is 19.9 Å². The number of hydrogen-bond donors (Lipinski definition) is 2. The quantitative estimate of drug-likeness (QED) is 0.581. The van der Waals surface area contributed by atoms with Crippen LogP contribution in [0.25, 0.3) is 0 Å². The van der Waals surface area contributed by atoms with Gasteiger partial charge in [0.05, 0.1) is 0 Å². The second kappa shape index (κ2) is 4.04. The first-order valence-electron chi connectivity index (χ1n) is 4.41. The Morgan fingerprint density at radius 2 is 1.64 bits per heavy atom. The van der Waals surface area contributed by atoms with Crippen molar-refractivity contribution in [2.75, 3.05) is 20.1 Å². The highest BCUT2D eigenvalue weighted by Crippen LogP contribution is 2.19. The van der Waals surface area contributed by atoms with Crippen LogP contribution < -0.4 is 11.5 Å².